The molecule has 0 spiro atoms. The standard InChI is InChI=1S/C22H19ClN4O3S/c1-12-7-8-14(23)9-16(12)24-20(29)15-10-17(28)25-19-18(15)21(30)27-22(26-19)31-11-13-5-3-2-4-6-13/h2-9,15H,10-11H2,1H3,(H,24,29)(H2,25,26,27,28,30)/t15-/m1/s1. The summed E-state index contributed by atoms with van der Waals surface area (Å²) >= 11 is 7.37. The van der Waals surface area contributed by atoms with E-state index in [0.29, 0.717) is 21.6 Å². The van der Waals surface area contributed by atoms with Crippen molar-refractivity contribution in [1.29, 1.82) is 0 Å². The molecule has 4 rings (SSSR count). The fraction of sp³-hybridized carbons (Fsp3) is 0.182. The summed E-state index contributed by atoms with van der Waals surface area (Å²) in [4.78, 5) is 45.2. The quantitative estimate of drug-likeness (QED) is 0.398. The van der Waals surface area contributed by atoms with Crippen molar-refractivity contribution in [1.82, 2.24) is 9.97 Å². The number of nitrogens with zero attached hydrogens (tertiary/aromatic N) is 1. The highest BCUT2D eigenvalue weighted by atomic mass is 35.5. The first kappa shape index (κ1) is 21.1. The molecule has 0 saturated carbocycles. The average molecular weight is 455 g/mol. The Hall–Kier alpha value is -3.10. The minimum atomic E-state index is -0.952. The molecule has 158 valence electrons. The van der Waals surface area contributed by atoms with Gasteiger partial charge in [0.05, 0.1) is 11.5 Å². The summed E-state index contributed by atoms with van der Waals surface area (Å²) < 4.78 is 0. The molecule has 1 aliphatic heterocycles. The Bertz CT molecular complexity index is 1210. The van der Waals surface area contributed by atoms with Gasteiger partial charge in [0.2, 0.25) is 11.8 Å². The van der Waals surface area contributed by atoms with Crippen LogP contribution in [0.5, 0.6) is 0 Å². The van der Waals surface area contributed by atoms with Crippen LogP contribution in [0.3, 0.4) is 0 Å². The second-order valence-electron chi connectivity index (χ2n) is 7.16. The molecule has 0 saturated heterocycles. The third-order valence-corrected chi connectivity index (χ3v) is 6.10. The number of aromatic amines is 1. The summed E-state index contributed by atoms with van der Waals surface area (Å²) in [5.41, 5.74) is 2.14. The molecule has 1 aromatic heterocycles. The topological polar surface area (TPSA) is 104 Å². The van der Waals surface area contributed by atoms with E-state index in [4.69, 9.17) is 11.6 Å². The Labute approximate surface area is 187 Å². The van der Waals surface area contributed by atoms with Gasteiger partial charge in [-0.2, -0.15) is 0 Å². The van der Waals surface area contributed by atoms with Crippen LogP contribution < -0.4 is 16.2 Å². The van der Waals surface area contributed by atoms with E-state index >= 15 is 0 Å². The first-order valence-electron chi connectivity index (χ1n) is 9.58. The first-order chi connectivity index (χ1) is 14.9. The fourth-order valence-corrected chi connectivity index (χ4v) is 4.31. The SMILES string of the molecule is Cc1ccc(Cl)cc1NC(=O)[C@@H]1CC(=O)Nc2nc(SCc3ccccc3)[nH]c(=O)c21. The van der Waals surface area contributed by atoms with Crippen molar-refractivity contribution in [3.05, 3.63) is 80.6 Å². The van der Waals surface area contributed by atoms with Crippen molar-refractivity contribution in [3.63, 3.8) is 0 Å². The Morgan fingerprint density at radius 3 is 2.77 bits per heavy atom. The molecule has 0 unspecified atom stereocenters. The van der Waals surface area contributed by atoms with Crippen molar-refractivity contribution < 1.29 is 9.59 Å². The zero-order valence-corrected chi connectivity index (χ0v) is 18.1. The number of hydrogen-bond acceptors (Lipinski definition) is 5. The number of aryl methyl sites for hydroxylation is 1. The molecule has 3 N–H and O–H groups in total. The molecule has 0 radical (unpaired) electrons. The van der Waals surface area contributed by atoms with Crippen LogP contribution in [0.15, 0.2) is 58.5 Å². The fourth-order valence-electron chi connectivity index (χ4n) is 3.32. The van der Waals surface area contributed by atoms with Crippen LogP contribution in [0.1, 0.15) is 29.0 Å². The van der Waals surface area contributed by atoms with Crippen LogP contribution in [-0.2, 0) is 15.3 Å². The van der Waals surface area contributed by atoms with E-state index in [1.807, 2.05) is 37.3 Å². The largest absolute Gasteiger partial charge is 0.325 e. The summed E-state index contributed by atoms with van der Waals surface area (Å²) in [6, 6.07) is 14.9. The molecule has 3 aromatic rings. The van der Waals surface area contributed by atoms with E-state index in [0.717, 1.165) is 11.1 Å². The summed E-state index contributed by atoms with van der Waals surface area (Å²) in [7, 11) is 0. The van der Waals surface area contributed by atoms with Crippen LogP contribution in [0.25, 0.3) is 0 Å². The van der Waals surface area contributed by atoms with Gasteiger partial charge in [0.25, 0.3) is 5.56 Å². The average Bonchev–Trinajstić information content (AvgIpc) is 2.74. The van der Waals surface area contributed by atoms with Crippen LogP contribution >= 0.6 is 23.4 Å². The van der Waals surface area contributed by atoms with Crippen molar-refractivity contribution in [2.24, 2.45) is 0 Å². The minimum absolute atomic E-state index is 0.124. The van der Waals surface area contributed by atoms with Gasteiger partial charge in [0, 0.05) is 22.9 Å². The highest BCUT2D eigenvalue weighted by Crippen LogP contribution is 2.31. The Balaban J connectivity index is 1.60. The summed E-state index contributed by atoms with van der Waals surface area (Å²) in [6.07, 6.45) is -0.139. The number of halogens is 1. The van der Waals surface area contributed by atoms with Gasteiger partial charge in [0.15, 0.2) is 5.16 Å². The second kappa shape index (κ2) is 8.95. The van der Waals surface area contributed by atoms with Gasteiger partial charge < -0.3 is 15.6 Å². The maximum Gasteiger partial charge on any atom is 0.257 e. The number of carbonyl (C=O) groups excluding carboxylic acids is 2. The Kier molecular flexibility index (Phi) is 6.11. The summed E-state index contributed by atoms with van der Waals surface area (Å²) in [5, 5.41) is 6.25. The molecular formula is C22H19ClN4O3S. The normalized spacial score (nSPS) is 15.2. The molecule has 0 aliphatic carbocycles. The van der Waals surface area contributed by atoms with E-state index in [9.17, 15) is 14.4 Å². The molecule has 7 nitrogen and oxygen atoms in total. The molecule has 1 aliphatic rings. The molecule has 2 heterocycles. The van der Waals surface area contributed by atoms with Crippen molar-refractivity contribution in [2.45, 2.75) is 30.2 Å². The number of anilines is 2. The van der Waals surface area contributed by atoms with E-state index in [2.05, 4.69) is 20.6 Å². The predicted octanol–water partition coefficient (Wildman–Crippen LogP) is 4.09. The number of hydrogen-bond donors (Lipinski definition) is 3. The van der Waals surface area contributed by atoms with Gasteiger partial charge in [-0.1, -0.05) is 59.8 Å². The summed E-state index contributed by atoms with van der Waals surface area (Å²) in [5.74, 6) is -1.05. The molecule has 2 amide bonds. The first-order valence-corrected chi connectivity index (χ1v) is 10.9. The lowest BCUT2D eigenvalue weighted by atomic mass is 9.92. The van der Waals surface area contributed by atoms with E-state index < -0.39 is 17.4 Å². The smallest absolute Gasteiger partial charge is 0.257 e. The third kappa shape index (κ3) is 4.81. The van der Waals surface area contributed by atoms with Gasteiger partial charge in [-0.05, 0) is 30.2 Å². The molecule has 1 atom stereocenters. The van der Waals surface area contributed by atoms with E-state index in [-0.39, 0.29) is 23.7 Å². The van der Waals surface area contributed by atoms with Crippen LogP contribution in [0.2, 0.25) is 5.02 Å². The van der Waals surface area contributed by atoms with Gasteiger partial charge >= 0.3 is 0 Å². The Morgan fingerprint density at radius 1 is 1.23 bits per heavy atom. The monoisotopic (exact) mass is 454 g/mol. The predicted molar refractivity (Wildman–Crippen MR) is 122 cm³/mol. The maximum absolute atomic E-state index is 13.0. The van der Waals surface area contributed by atoms with Crippen molar-refractivity contribution >= 4 is 46.7 Å². The second-order valence-corrected chi connectivity index (χ2v) is 8.56. The van der Waals surface area contributed by atoms with Crippen LogP contribution in [0.4, 0.5) is 11.5 Å². The number of amides is 2. The number of H-pyrrole nitrogens is 1. The van der Waals surface area contributed by atoms with Gasteiger partial charge in [-0.25, -0.2) is 4.98 Å². The number of fused-ring (bicyclic) bond motifs is 1. The maximum atomic E-state index is 13.0. The lowest BCUT2D eigenvalue weighted by Crippen LogP contribution is -2.36. The highest BCUT2D eigenvalue weighted by Gasteiger charge is 2.35. The molecule has 9 heteroatoms. The van der Waals surface area contributed by atoms with Crippen LogP contribution in [0, 0.1) is 6.92 Å². The molecule has 0 bridgehead atoms. The number of carbonyl (C=O) groups is 2. The van der Waals surface area contributed by atoms with Gasteiger partial charge in [-0.3, -0.25) is 14.4 Å². The number of nitrogens with one attached hydrogen (secondary N) is 3. The van der Waals surface area contributed by atoms with Crippen molar-refractivity contribution in [3.8, 4) is 0 Å². The van der Waals surface area contributed by atoms with Gasteiger partial charge in [0.1, 0.15) is 5.82 Å². The number of rotatable bonds is 5. The number of aromatic nitrogens is 2. The van der Waals surface area contributed by atoms with Gasteiger partial charge in [-0.15, -0.1) is 0 Å². The zero-order valence-electron chi connectivity index (χ0n) is 16.6. The lowest BCUT2D eigenvalue weighted by Gasteiger charge is -2.24. The lowest BCUT2D eigenvalue weighted by molar-refractivity contribution is -0.123. The summed E-state index contributed by atoms with van der Waals surface area (Å²) in [6.45, 7) is 1.83. The third-order valence-electron chi connectivity index (χ3n) is 4.92. The Morgan fingerprint density at radius 2 is 2.00 bits per heavy atom. The van der Waals surface area contributed by atoms with E-state index in [1.54, 1.807) is 18.2 Å². The number of thioether (sulfide) groups is 1. The van der Waals surface area contributed by atoms with Crippen LogP contribution in [-0.4, -0.2) is 21.8 Å². The van der Waals surface area contributed by atoms with Crippen molar-refractivity contribution in [2.75, 3.05) is 10.6 Å². The molecular weight excluding hydrogens is 436 g/mol. The number of benzene rings is 2. The minimum Gasteiger partial charge on any atom is -0.325 e. The van der Waals surface area contributed by atoms with E-state index in [1.165, 1.54) is 11.8 Å². The highest BCUT2D eigenvalue weighted by molar-refractivity contribution is 7.98. The molecule has 0 fully saturated rings. The molecule has 2 aromatic carbocycles. The zero-order chi connectivity index (χ0) is 22.0. The molecule has 31 heavy (non-hydrogen) atoms.